The number of rotatable bonds is 5. The molecule has 7 nitrogen and oxygen atoms in total. The molecule has 1 aromatic heterocycles. The summed E-state index contributed by atoms with van der Waals surface area (Å²) in [6, 6.07) is 4.69. The molecule has 2 rings (SSSR count). The predicted octanol–water partition coefficient (Wildman–Crippen LogP) is 2.80. The molecule has 130 valence electrons. The molecule has 1 heterocycles. The SMILES string of the molecule is Cc1nc(CN(C)C(=O)Nc2cc(NS(C)(=O)=O)ccc2C)cs1. The van der Waals surface area contributed by atoms with Gasteiger partial charge in [0.1, 0.15) is 0 Å². The summed E-state index contributed by atoms with van der Waals surface area (Å²) in [7, 11) is -1.69. The molecule has 0 spiro atoms. The average molecular weight is 368 g/mol. The first-order valence-electron chi connectivity index (χ1n) is 7.15. The van der Waals surface area contributed by atoms with Crippen LogP contribution >= 0.6 is 11.3 Å². The maximum atomic E-state index is 12.3. The van der Waals surface area contributed by atoms with Crippen molar-refractivity contribution in [3.8, 4) is 0 Å². The van der Waals surface area contributed by atoms with Gasteiger partial charge in [-0.25, -0.2) is 18.2 Å². The molecule has 2 amide bonds. The number of anilines is 2. The zero-order valence-electron chi connectivity index (χ0n) is 14.0. The summed E-state index contributed by atoms with van der Waals surface area (Å²) < 4.78 is 25.0. The van der Waals surface area contributed by atoms with Crippen LogP contribution in [0.25, 0.3) is 0 Å². The second-order valence-electron chi connectivity index (χ2n) is 5.55. The number of nitrogens with one attached hydrogen (secondary N) is 2. The van der Waals surface area contributed by atoms with Gasteiger partial charge in [-0.2, -0.15) is 0 Å². The van der Waals surface area contributed by atoms with E-state index in [1.54, 1.807) is 25.2 Å². The van der Waals surface area contributed by atoms with E-state index in [0.29, 0.717) is 17.9 Å². The summed E-state index contributed by atoms with van der Waals surface area (Å²) in [6.45, 7) is 4.15. The van der Waals surface area contributed by atoms with E-state index >= 15 is 0 Å². The normalized spacial score (nSPS) is 11.2. The number of nitrogens with zero attached hydrogens (tertiary/aromatic N) is 2. The minimum absolute atomic E-state index is 0.291. The molecule has 0 aliphatic carbocycles. The molecule has 0 bridgehead atoms. The molecule has 0 fully saturated rings. The van der Waals surface area contributed by atoms with Crippen LogP contribution in [0.2, 0.25) is 0 Å². The van der Waals surface area contributed by atoms with Crippen molar-refractivity contribution in [3.05, 3.63) is 39.8 Å². The number of urea groups is 1. The molecule has 0 saturated carbocycles. The molecular formula is C15H20N4O3S2. The summed E-state index contributed by atoms with van der Waals surface area (Å²) in [5.74, 6) is 0. The van der Waals surface area contributed by atoms with Crippen molar-refractivity contribution in [2.24, 2.45) is 0 Å². The van der Waals surface area contributed by atoms with Gasteiger partial charge in [-0.05, 0) is 31.5 Å². The average Bonchev–Trinajstić information content (AvgIpc) is 2.86. The monoisotopic (exact) mass is 368 g/mol. The number of thiazole rings is 1. The molecule has 24 heavy (non-hydrogen) atoms. The number of aryl methyl sites for hydroxylation is 2. The Hall–Kier alpha value is -2.13. The predicted molar refractivity (Wildman–Crippen MR) is 97.0 cm³/mol. The third-order valence-electron chi connectivity index (χ3n) is 3.19. The van der Waals surface area contributed by atoms with Gasteiger partial charge in [0.25, 0.3) is 0 Å². The molecule has 0 aliphatic heterocycles. The molecule has 0 saturated heterocycles. The Morgan fingerprint density at radius 1 is 1.33 bits per heavy atom. The molecular weight excluding hydrogens is 348 g/mol. The van der Waals surface area contributed by atoms with Crippen molar-refractivity contribution in [3.63, 3.8) is 0 Å². The number of aromatic nitrogens is 1. The van der Waals surface area contributed by atoms with Crippen LogP contribution in [-0.4, -0.2) is 37.6 Å². The fraction of sp³-hybridized carbons (Fsp3) is 0.333. The highest BCUT2D eigenvalue weighted by Gasteiger charge is 2.13. The summed E-state index contributed by atoms with van der Waals surface area (Å²) >= 11 is 1.54. The van der Waals surface area contributed by atoms with Gasteiger partial charge in [0.15, 0.2) is 0 Å². The summed E-state index contributed by atoms with van der Waals surface area (Å²) in [5.41, 5.74) is 2.62. The Morgan fingerprint density at radius 3 is 2.62 bits per heavy atom. The summed E-state index contributed by atoms with van der Waals surface area (Å²) in [6.07, 6.45) is 1.08. The van der Waals surface area contributed by atoms with Crippen molar-refractivity contribution < 1.29 is 13.2 Å². The second kappa shape index (κ2) is 7.18. The van der Waals surface area contributed by atoms with Crippen molar-refractivity contribution in [2.75, 3.05) is 23.3 Å². The minimum Gasteiger partial charge on any atom is -0.322 e. The number of amides is 2. The molecule has 1 aromatic carbocycles. The highest BCUT2D eigenvalue weighted by molar-refractivity contribution is 7.92. The highest BCUT2D eigenvalue weighted by Crippen LogP contribution is 2.21. The Balaban J connectivity index is 2.08. The van der Waals surface area contributed by atoms with E-state index in [1.807, 2.05) is 19.2 Å². The van der Waals surface area contributed by atoms with Crippen LogP contribution in [0.1, 0.15) is 16.3 Å². The van der Waals surface area contributed by atoms with Crippen molar-refractivity contribution in [1.29, 1.82) is 0 Å². The lowest BCUT2D eigenvalue weighted by Gasteiger charge is -2.18. The lowest BCUT2D eigenvalue weighted by atomic mass is 10.2. The number of sulfonamides is 1. The van der Waals surface area contributed by atoms with Crippen LogP contribution in [0.15, 0.2) is 23.6 Å². The maximum Gasteiger partial charge on any atom is 0.321 e. The fourth-order valence-electron chi connectivity index (χ4n) is 2.04. The van der Waals surface area contributed by atoms with Gasteiger partial charge < -0.3 is 10.2 Å². The van der Waals surface area contributed by atoms with E-state index in [1.165, 1.54) is 16.2 Å². The molecule has 0 aliphatic rings. The molecule has 0 atom stereocenters. The van der Waals surface area contributed by atoms with E-state index < -0.39 is 10.0 Å². The van der Waals surface area contributed by atoms with Crippen LogP contribution in [0.3, 0.4) is 0 Å². The van der Waals surface area contributed by atoms with Gasteiger partial charge in [0.05, 0.1) is 29.2 Å². The first kappa shape index (κ1) is 18.2. The molecule has 0 radical (unpaired) electrons. The molecule has 2 N–H and O–H groups in total. The zero-order valence-corrected chi connectivity index (χ0v) is 15.6. The quantitative estimate of drug-likeness (QED) is 0.849. The van der Waals surface area contributed by atoms with Gasteiger partial charge in [-0.15, -0.1) is 11.3 Å². The van der Waals surface area contributed by atoms with Crippen LogP contribution in [0, 0.1) is 13.8 Å². The lowest BCUT2D eigenvalue weighted by Crippen LogP contribution is -2.31. The van der Waals surface area contributed by atoms with Crippen LogP contribution in [0.4, 0.5) is 16.2 Å². The second-order valence-corrected chi connectivity index (χ2v) is 8.36. The third-order valence-corrected chi connectivity index (χ3v) is 4.62. The van der Waals surface area contributed by atoms with Crippen LogP contribution in [-0.2, 0) is 16.6 Å². The minimum atomic E-state index is -3.37. The largest absolute Gasteiger partial charge is 0.322 e. The van der Waals surface area contributed by atoms with Crippen molar-refractivity contribution in [2.45, 2.75) is 20.4 Å². The lowest BCUT2D eigenvalue weighted by molar-refractivity contribution is 0.220. The van der Waals surface area contributed by atoms with E-state index in [-0.39, 0.29) is 6.03 Å². The van der Waals surface area contributed by atoms with Gasteiger partial charge >= 0.3 is 6.03 Å². The standard InChI is InChI=1S/C15H20N4O3S2/c1-10-5-6-12(18-24(4,21)22)7-14(10)17-15(20)19(3)8-13-9-23-11(2)16-13/h5-7,9,18H,8H2,1-4H3,(H,17,20). The number of hydrogen-bond acceptors (Lipinski definition) is 5. The van der Waals surface area contributed by atoms with E-state index in [9.17, 15) is 13.2 Å². The smallest absolute Gasteiger partial charge is 0.321 e. The van der Waals surface area contributed by atoms with Crippen molar-refractivity contribution in [1.82, 2.24) is 9.88 Å². The van der Waals surface area contributed by atoms with Gasteiger partial charge in [-0.1, -0.05) is 6.07 Å². The molecule has 9 heteroatoms. The topological polar surface area (TPSA) is 91.4 Å². The van der Waals surface area contributed by atoms with Crippen LogP contribution in [0.5, 0.6) is 0 Å². The molecule has 0 unspecified atom stereocenters. The highest BCUT2D eigenvalue weighted by atomic mass is 32.2. The number of carbonyl (C=O) groups is 1. The Kier molecular flexibility index (Phi) is 5.45. The van der Waals surface area contributed by atoms with E-state index in [0.717, 1.165) is 22.5 Å². The Morgan fingerprint density at radius 2 is 2.04 bits per heavy atom. The van der Waals surface area contributed by atoms with Crippen LogP contribution < -0.4 is 10.0 Å². The van der Waals surface area contributed by atoms with Gasteiger partial charge in [-0.3, -0.25) is 4.72 Å². The zero-order chi connectivity index (χ0) is 17.9. The van der Waals surface area contributed by atoms with E-state index in [2.05, 4.69) is 15.0 Å². The Bertz CT molecular complexity index is 846. The van der Waals surface area contributed by atoms with Crippen molar-refractivity contribution >= 4 is 38.8 Å². The summed E-state index contributed by atoms with van der Waals surface area (Å²) in [5, 5.41) is 5.66. The Labute approximate surface area is 145 Å². The molecule has 2 aromatic rings. The van der Waals surface area contributed by atoms with Gasteiger partial charge in [0, 0.05) is 18.1 Å². The number of hydrogen-bond donors (Lipinski definition) is 2. The first-order chi connectivity index (χ1) is 11.1. The number of carbonyl (C=O) groups excluding carboxylic acids is 1. The fourth-order valence-corrected chi connectivity index (χ4v) is 3.20. The van der Waals surface area contributed by atoms with Gasteiger partial charge in [0.2, 0.25) is 10.0 Å². The number of benzene rings is 1. The third kappa shape index (κ3) is 5.20. The summed E-state index contributed by atoms with van der Waals surface area (Å²) in [4.78, 5) is 18.2. The van der Waals surface area contributed by atoms with E-state index in [4.69, 9.17) is 0 Å². The first-order valence-corrected chi connectivity index (χ1v) is 9.93. The maximum absolute atomic E-state index is 12.3.